The van der Waals surface area contributed by atoms with Crippen molar-refractivity contribution in [3.8, 4) is 0 Å². The average Bonchev–Trinajstić information content (AvgIpc) is 3.36. The number of carbonyl (C=O) groups is 1. The van der Waals surface area contributed by atoms with Gasteiger partial charge in [-0.25, -0.2) is 12.4 Å². The average molecular weight is 492 g/mol. The number of fused-ring (bicyclic) bond motifs is 2. The topological polar surface area (TPSA) is 103 Å². The Balaban J connectivity index is 1.52. The Kier molecular flexibility index (Phi) is 3.86. The van der Waals surface area contributed by atoms with E-state index in [-0.39, 0.29) is 22.3 Å². The number of aromatic nitrogens is 1. The van der Waals surface area contributed by atoms with Gasteiger partial charge >= 0.3 is 0 Å². The lowest BCUT2D eigenvalue weighted by Crippen LogP contribution is -2.54. The SMILES string of the molecule is Cc1ccc(S(=O)(=O)n2cc3c4c2C(=O)C(=N)C2=C4N(CC3)[C@H]3C=CC4=CC(O)S[C@]42C3)cc1. The third-order valence-corrected chi connectivity index (χ3v) is 10.7. The van der Waals surface area contributed by atoms with E-state index in [9.17, 15) is 18.3 Å². The molecule has 0 amide bonds. The normalized spacial score (nSPS) is 28.8. The molecule has 3 aliphatic heterocycles. The highest BCUT2D eigenvalue weighted by Gasteiger charge is 2.58. The lowest BCUT2D eigenvalue weighted by Gasteiger charge is -2.52. The number of hydrogen-bond donors (Lipinski definition) is 2. The largest absolute Gasteiger partial charge is 0.379 e. The fraction of sp³-hybridized carbons (Fsp3) is 0.280. The molecular formula is C25H21N3O4S2. The van der Waals surface area contributed by atoms with Crippen molar-refractivity contribution < 1.29 is 18.3 Å². The maximum Gasteiger partial charge on any atom is 0.268 e. The molecule has 9 heteroatoms. The van der Waals surface area contributed by atoms with Crippen LogP contribution in [0, 0.1) is 12.3 Å². The quantitative estimate of drug-likeness (QED) is 0.670. The van der Waals surface area contributed by atoms with Crippen molar-refractivity contribution in [2.75, 3.05) is 6.54 Å². The number of nitrogens with zero attached hydrogens (tertiary/aromatic N) is 2. The Bertz CT molecular complexity index is 1540. The van der Waals surface area contributed by atoms with Crippen LogP contribution < -0.4 is 0 Å². The van der Waals surface area contributed by atoms with Gasteiger partial charge in [0.25, 0.3) is 10.0 Å². The summed E-state index contributed by atoms with van der Waals surface area (Å²) in [5.74, 6) is -0.582. The van der Waals surface area contributed by atoms with E-state index < -0.39 is 26.0 Å². The first-order chi connectivity index (χ1) is 16.2. The Morgan fingerprint density at radius 1 is 1.24 bits per heavy atom. The summed E-state index contributed by atoms with van der Waals surface area (Å²) in [5, 5.41) is 19.4. The molecule has 2 N–H and O–H groups in total. The molecule has 1 unspecified atom stereocenters. The standard InChI is InChI=1S/C25H21N3O4S2/c1-13-2-6-17(7-3-13)34(31,32)28-12-14-8-9-27-16-5-4-15-10-18(29)33-25(15,11-16)20-21(26)24(30)23(28)19(14)22(20)27/h2-7,10,12,16,18,26,29H,8-9,11H2,1H3/t16-,18?,25+/m0/s1. The zero-order valence-corrected chi connectivity index (χ0v) is 19.9. The van der Waals surface area contributed by atoms with Crippen LogP contribution in [0.5, 0.6) is 0 Å². The smallest absolute Gasteiger partial charge is 0.268 e. The molecule has 34 heavy (non-hydrogen) atoms. The number of hydrogen-bond acceptors (Lipinski definition) is 7. The van der Waals surface area contributed by atoms with Crippen molar-refractivity contribution in [3.63, 3.8) is 0 Å². The summed E-state index contributed by atoms with van der Waals surface area (Å²) in [5.41, 5.74) is 3.87. The Morgan fingerprint density at radius 3 is 2.76 bits per heavy atom. The number of carbonyl (C=O) groups excluding carboxylic acids is 1. The van der Waals surface area contributed by atoms with Gasteiger partial charge in [-0.2, -0.15) is 0 Å². The molecule has 3 atom stereocenters. The summed E-state index contributed by atoms with van der Waals surface area (Å²) < 4.78 is 27.7. The molecule has 0 saturated heterocycles. The van der Waals surface area contributed by atoms with Gasteiger partial charge in [-0.05, 0) is 49.1 Å². The predicted octanol–water partition coefficient (Wildman–Crippen LogP) is 2.89. The van der Waals surface area contributed by atoms with Crippen LogP contribution in [0.25, 0.3) is 5.70 Å². The number of benzene rings is 1. The van der Waals surface area contributed by atoms with Crippen molar-refractivity contribution in [3.05, 3.63) is 82.2 Å². The van der Waals surface area contributed by atoms with Gasteiger partial charge in [0.05, 0.1) is 15.3 Å². The van der Waals surface area contributed by atoms with Crippen LogP contribution in [0.3, 0.4) is 0 Å². The van der Waals surface area contributed by atoms with Gasteiger partial charge in [0, 0.05) is 29.9 Å². The van der Waals surface area contributed by atoms with E-state index >= 15 is 0 Å². The Labute approximate surface area is 201 Å². The number of aliphatic hydroxyl groups is 1. The van der Waals surface area contributed by atoms with Gasteiger partial charge in [0.2, 0.25) is 5.78 Å². The molecule has 0 fully saturated rings. The first-order valence-corrected chi connectivity index (χ1v) is 13.5. The van der Waals surface area contributed by atoms with Gasteiger partial charge in [-0.15, -0.1) is 11.8 Å². The highest BCUT2D eigenvalue weighted by Crippen LogP contribution is 2.60. The molecule has 0 radical (unpaired) electrons. The second kappa shape index (κ2) is 6.41. The van der Waals surface area contributed by atoms with Crippen molar-refractivity contribution >= 4 is 39.0 Å². The minimum atomic E-state index is -4.02. The zero-order valence-electron chi connectivity index (χ0n) is 18.3. The summed E-state index contributed by atoms with van der Waals surface area (Å²) in [4.78, 5) is 16.1. The van der Waals surface area contributed by atoms with Crippen LogP contribution in [0.2, 0.25) is 0 Å². The summed E-state index contributed by atoms with van der Waals surface area (Å²) in [6, 6.07) is 6.63. The molecule has 0 saturated carbocycles. The number of Topliss-reactive ketones (excluding diaryl/α,β-unsaturated/α-hetero) is 1. The van der Waals surface area contributed by atoms with Gasteiger partial charge in [0.15, 0.2) is 0 Å². The number of aryl methyl sites for hydroxylation is 1. The van der Waals surface area contributed by atoms with E-state index in [1.807, 2.05) is 13.0 Å². The van der Waals surface area contributed by atoms with E-state index in [2.05, 4.69) is 11.0 Å². The molecule has 7 nitrogen and oxygen atoms in total. The lowest BCUT2D eigenvalue weighted by atomic mass is 9.69. The van der Waals surface area contributed by atoms with Crippen molar-refractivity contribution in [1.82, 2.24) is 8.87 Å². The van der Waals surface area contributed by atoms with E-state index in [4.69, 9.17) is 5.41 Å². The summed E-state index contributed by atoms with van der Waals surface area (Å²) >= 11 is 1.37. The van der Waals surface area contributed by atoms with Crippen LogP contribution in [-0.2, 0) is 16.4 Å². The highest BCUT2D eigenvalue weighted by atomic mass is 32.2. The molecular weight excluding hydrogens is 470 g/mol. The molecule has 2 bridgehead atoms. The van der Waals surface area contributed by atoms with Crippen molar-refractivity contribution in [2.24, 2.45) is 0 Å². The maximum absolute atomic E-state index is 13.7. The third-order valence-electron chi connectivity index (χ3n) is 7.61. The van der Waals surface area contributed by atoms with Crippen LogP contribution in [0.15, 0.2) is 64.7 Å². The fourth-order valence-electron chi connectivity index (χ4n) is 6.10. The fourth-order valence-corrected chi connectivity index (χ4v) is 8.97. The molecule has 2 aromatic rings. The first-order valence-electron chi connectivity index (χ1n) is 11.2. The minimum Gasteiger partial charge on any atom is -0.379 e. The highest BCUT2D eigenvalue weighted by molar-refractivity contribution is 8.02. The van der Waals surface area contributed by atoms with Crippen LogP contribution in [-0.4, -0.2) is 56.7 Å². The van der Waals surface area contributed by atoms with Gasteiger partial charge in [-0.3, -0.25) is 10.2 Å². The Hall–Kier alpha value is -2.88. The monoisotopic (exact) mass is 491 g/mol. The van der Waals surface area contributed by atoms with Crippen molar-refractivity contribution in [2.45, 2.75) is 40.9 Å². The van der Waals surface area contributed by atoms with E-state index in [1.165, 1.54) is 11.8 Å². The first kappa shape index (κ1) is 20.5. The number of allylic oxidation sites excluding steroid dienone is 1. The second-order valence-electron chi connectivity index (χ2n) is 9.45. The lowest BCUT2D eigenvalue weighted by molar-refractivity contribution is 0.105. The second-order valence-corrected chi connectivity index (χ2v) is 12.7. The number of aliphatic hydroxyl groups excluding tert-OH is 1. The van der Waals surface area contributed by atoms with E-state index in [0.29, 0.717) is 30.5 Å². The molecule has 1 spiro atoms. The maximum atomic E-state index is 13.7. The van der Waals surface area contributed by atoms with Crippen LogP contribution in [0.4, 0.5) is 0 Å². The number of ketones is 1. The van der Waals surface area contributed by atoms with Gasteiger partial charge < -0.3 is 10.0 Å². The number of rotatable bonds is 2. The zero-order chi connectivity index (χ0) is 23.6. The molecule has 172 valence electrons. The molecule has 1 aromatic heterocycles. The summed E-state index contributed by atoms with van der Waals surface area (Å²) in [6.45, 7) is 2.56. The van der Waals surface area contributed by atoms with Crippen LogP contribution >= 0.6 is 11.8 Å². The molecule has 1 aromatic carbocycles. The molecule has 5 aliphatic rings. The Morgan fingerprint density at radius 2 is 2.00 bits per heavy atom. The molecule has 7 rings (SSSR count). The molecule has 2 aliphatic carbocycles. The van der Waals surface area contributed by atoms with Gasteiger partial charge in [0.1, 0.15) is 16.8 Å². The van der Waals surface area contributed by atoms with E-state index in [1.54, 1.807) is 36.5 Å². The molecule has 4 heterocycles. The van der Waals surface area contributed by atoms with Crippen molar-refractivity contribution in [1.29, 1.82) is 5.41 Å². The van der Waals surface area contributed by atoms with Gasteiger partial charge in [-0.1, -0.05) is 29.8 Å². The van der Waals surface area contributed by atoms with Crippen LogP contribution in [0.1, 0.15) is 33.6 Å². The van der Waals surface area contributed by atoms with E-state index in [0.717, 1.165) is 26.4 Å². The third kappa shape index (κ3) is 2.34. The summed E-state index contributed by atoms with van der Waals surface area (Å²) in [6.07, 6.45) is 8.80. The minimum absolute atomic E-state index is 0.0541. The number of thioether (sulfide) groups is 1. The predicted molar refractivity (Wildman–Crippen MR) is 130 cm³/mol. The number of nitrogens with one attached hydrogen (secondary N) is 1. The summed E-state index contributed by atoms with van der Waals surface area (Å²) in [7, 11) is -4.02.